The van der Waals surface area contributed by atoms with Gasteiger partial charge in [0.1, 0.15) is 17.9 Å². The normalized spacial score (nSPS) is 11.9. The largest absolute Gasteiger partial charge is 0.439 e. The van der Waals surface area contributed by atoms with E-state index in [1.807, 2.05) is 25.2 Å². The van der Waals surface area contributed by atoms with Crippen LogP contribution < -0.4 is 10.1 Å². The summed E-state index contributed by atoms with van der Waals surface area (Å²) in [6, 6.07) is 9.87. The molecule has 0 radical (unpaired) electrons. The number of aromatic nitrogens is 2. The zero-order chi connectivity index (χ0) is 13.7. The Morgan fingerprint density at radius 3 is 2.79 bits per heavy atom. The molecule has 2 aromatic rings. The highest BCUT2D eigenvalue weighted by molar-refractivity contribution is 5.41. The van der Waals surface area contributed by atoms with E-state index in [0.717, 1.165) is 18.0 Å². The van der Waals surface area contributed by atoms with Crippen LogP contribution in [0.5, 0.6) is 11.6 Å². The van der Waals surface area contributed by atoms with Gasteiger partial charge in [-0.1, -0.05) is 32.0 Å². The van der Waals surface area contributed by atoms with Crippen LogP contribution in [0.1, 0.15) is 31.7 Å². The predicted molar refractivity (Wildman–Crippen MR) is 76.8 cm³/mol. The minimum Gasteiger partial charge on any atom is -0.439 e. The van der Waals surface area contributed by atoms with E-state index in [2.05, 4.69) is 35.2 Å². The van der Waals surface area contributed by atoms with Crippen LogP contribution >= 0.6 is 0 Å². The molecule has 0 aliphatic carbocycles. The van der Waals surface area contributed by atoms with E-state index >= 15 is 0 Å². The molecule has 0 aliphatic rings. The highest BCUT2D eigenvalue weighted by atomic mass is 16.5. The van der Waals surface area contributed by atoms with E-state index < -0.39 is 0 Å². The van der Waals surface area contributed by atoms with Crippen molar-refractivity contribution in [3.8, 4) is 11.6 Å². The second-order valence-corrected chi connectivity index (χ2v) is 4.44. The van der Waals surface area contributed by atoms with E-state index in [1.165, 1.54) is 11.9 Å². The Morgan fingerprint density at radius 2 is 2.05 bits per heavy atom. The van der Waals surface area contributed by atoms with Crippen molar-refractivity contribution in [3.05, 3.63) is 42.2 Å². The Labute approximate surface area is 113 Å². The van der Waals surface area contributed by atoms with Crippen LogP contribution in [0, 0.1) is 0 Å². The third kappa shape index (κ3) is 3.22. The summed E-state index contributed by atoms with van der Waals surface area (Å²) < 4.78 is 5.88. The first-order valence-electron chi connectivity index (χ1n) is 6.51. The van der Waals surface area contributed by atoms with Crippen molar-refractivity contribution >= 4 is 5.82 Å². The van der Waals surface area contributed by atoms with Crippen LogP contribution in [0.4, 0.5) is 5.82 Å². The highest BCUT2D eigenvalue weighted by Gasteiger charge is 2.11. The second kappa shape index (κ2) is 6.18. The van der Waals surface area contributed by atoms with Gasteiger partial charge in [0.05, 0.1) is 0 Å². The van der Waals surface area contributed by atoms with E-state index in [0.29, 0.717) is 11.8 Å². The molecule has 1 unspecified atom stereocenters. The number of nitrogens with zero attached hydrogens (tertiary/aromatic N) is 2. The van der Waals surface area contributed by atoms with Gasteiger partial charge in [-0.2, -0.15) is 0 Å². The van der Waals surface area contributed by atoms with Crippen molar-refractivity contribution < 1.29 is 4.74 Å². The summed E-state index contributed by atoms with van der Waals surface area (Å²) in [6.45, 7) is 4.37. The van der Waals surface area contributed by atoms with Gasteiger partial charge in [0.2, 0.25) is 5.88 Å². The maximum Gasteiger partial charge on any atom is 0.224 e. The Bertz CT molecular complexity index is 542. The molecule has 0 amide bonds. The molecular formula is C15H19N3O. The van der Waals surface area contributed by atoms with Gasteiger partial charge in [0, 0.05) is 13.1 Å². The highest BCUT2D eigenvalue weighted by Crippen LogP contribution is 2.31. The lowest BCUT2D eigenvalue weighted by Gasteiger charge is -2.15. The van der Waals surface area contributed by atoms with Gasteiger partial charge in [-0.15, -0.1) is 0 Å². The maximum absolute atomic E-state index is 5.88. The molecule has 0 saturated heterocycles. The molecule has 1 atom stereocenters. The van der Waals surface area contributed by atoms with Crippen LogP contribution in [0.3, 0.4) is 0 Å². The molecule has 19 heavy (non-hydrogen) atoms. The fourth-order valence-corrected chi connectivity index (χ4v) is 1.85. The first-order chi connectivity index (χ1) is 9.24. The molecule has 1 heterocycles. The van der Waals surface area contributed by atoms with Crippen molar-refractivity contribution in [1.82, 2.24) is 9.97 Å². The zero-order valence-electron chi connectivity index (χ0n) is 11.6. The van der Waals surface area contributed by atoms with Crippen molar-refractivity contribution in [3.63, 3.8) is 0 Å². The van der Waals surface area contributed by atoms with Crippen molar-refractivity contribution in [1.29, 1.82) is 0 Å². The Balaban J connectivity index is 2.27. The third-order valence-corrected chi connectivity index (χ3v) is 3.17. The predicted octanol–water partition coefficient (Wildman–Crippen LogP) is 3.82. The average Bonchev–Trinajstić information content (AvgIpc) is 2.47. The van der Waals surface area contributed by atoms with Gasteiger partial charge < -0.3 is 10.1 Å². The smallest absolute Gasteiger partial charge is 0.224 e. The van der Waals surface area contributed by atoms with Crippen LogP contribution in [0.15, 0.2) is 36.7 Å². The molecule has 1 aromatic heterocycles. The van der Waals surface area contributed by atoms with E-state index in [9.17, 15) is 0 Å². The molecule has 0 fully saturated rings. The monoisotopic (exact) mass is 257 g/mol. The van der Waals surface area contributed by atoms with Gasteiger partial charge in [-0.25, -0.2) is 9.97 Å². The summed E-state index contributed by atoms with van der Waals surface area (Å²) in [5.74, 6) is 2.61. The summed E-state index contributed by atoms with van der Waals surface area (Å²) in [5.41, 5.74) is 1.20. The summed E-state index contributed by atoms with van der Waals surface area (Å²) in [5, 5.41) is 2.97. The fraction of sp³-hybridized carbons (Fsp3) is 0.333. The van der Waals surface area contributed by atoms with Crippen LogP contribution in [0.25, 0.3) is 0 Å². The number of hydrogen-bond donors (Lipinski definition) is 1. The summed E-state index contributed by atoms with van der Waals surface area (Å²) in [6.07, 6.45) is 2.57. The lowest BCUT2D eigenvalue weighted by molar-refractivity contribution is 0.451. The third-order valence-electron chi connectivity index (χ3n) is 3.17. The summed E-state index contributed by atoms with van der Waals surface area (Å²) in [7, 11) is 1.82. The number of para-hydroxylation sites is 1. The van der Waals surface area contributed by atoms with Crippen LogP contribution in [-0.2, 0) is 0 Å². The van der Waals surface area contributed by atoms with Gasteiger partial charge in [0.15, 0.2) is 0 Å². The number of rotatable bonds is 5. The first kappa shape index (κ1) is 13.3. The topological polar surface area (TPSA) is 47.0 Å². The van der Waals surface area contributed by atoms with Crippen molar-refractivity contribution in [2.24, 2.45) is 0 Å². The molecule has 4 heteroatoms. The molecule has 0 aliphatic heterocycles. The van der Waals surface area contributed by atoms with Gasteiger partial charge >= 0.3 is 0 Å². The van der Waals surface area contributed by atoms with Gasteiger partial charge in [0.25, 0.3) is 0 Å². The molecule has 0 bridgehead atoms. The quantitative estimate of drug-likeness (QED) is 0.884. The zero-order valence-corrected chi connectivity index (χ0v) is 11.6. The number of ether oxygens (including phenoxy) is 1. The van der Waals surface area contributed by atoms with E-state index in [-0.39, 0.29) is 0 Å². The standard InChI is InChI=1S/C15H19N3O/c1-4-11(2)12-7-5-6-8-13(12)19-15-9-14(16-3)17-10-18-15/h5-11H,4H2,1-3H3,(H,16,17,18). The van der Waals surface area contributed by atoms with E-state index in [4.69, 9.17) is 4.74 Å². The number of nitrogens with one attached hydrogen (secondary N) is 1. The molecular weight excluding hydrogens is 238 g/mol. The molecule has 1 N–H and O–H groups in total. The van der Waals surface area contributed by atoms with Crippen molar-refractivity contribution in [2.75, 3.05) is 12.4 Å². The summed E-state index contributed by atoms with van der Waals surface area (Å²) >= 11 is 0. The molecule has 100 valence electrons. The molecule has 2 rings (SSSR count). The SMILES string of the molecule is CCC(C)c1ccccc1Oc1cc(NC)ncn1. The first-order valence-corrected chi connectivity index (χ1v) is 6.51. The molecule has 4 nitrogen and oxygen atoms in total. The van der Waals surface area contributed by atoms with Crippen LogP contribution in [-0.4, -0.2) is 17.0 Å². The number of benzene rings is 1. The fourth-order valence-electron chi connectivity index (χ4n) is 1.85. The minimum atomic E-state index is 0.460. The minimum absolute atomic E-state index is 0.460. The second-order valence-electron chi connectivity index (χ2n) is 4.44. The van der Waals surface area contributed by atoms with Gasteiger partial charge in [-0.05, 0) is 24.0 Å². The Kier molecular flexibility index (Phi) is 4.34. The number of hydrogen-bond acceptors (Lipinski definition) is 4. The molecule has 1 aromatic carbocycles. The number of anilines is 1. The Hall–Kier alpha value is -2.10. The Morgan fingerprint density at radius 1 is 1.26 bits per heavy atom. The van der Waals surface area contributed by atoms with Gasteiger partial charge in [-0.3, -0.25) is 0 Å². The average molecular weight is 257 g/mol. The lowest BCUT2D eigenvalue weighted by atomic mass is 9.98. The lowest BCUT2D eigenvalue weighted by Crippen LogP contribution is -1.98. The molecule has 0 spiro atoms. The van der Waals surface area contributed by atoms with Crippen LogP contribution in [0.2, 0.25) is 0 Å². The van der Waals surface area contributed by atoms with Crippen molar-refractivity contribution in [2.45, 2.75) is 26.2 Å². The van der Waals surface area contributed by atoms with E-state index in [1.54, 1.807) is 6.07 Å². The maximum atomic E-state index is 5.88. The molecule has 0 saturated carbocycles. The summed E-state index contributed by atoms with van der Waals surface area (Å²) in [4.78, 5) is 8.21.